The maximum atomic E-state index is 12.4. The molecular formula is C19H20N4O3. The molecule has 0 heterocycles. The van der Waals surface area contributed by atoms with Gasteiger partial charge in [-0.1, -0.05) is 6.07 Å². The zero-order valence-corrected chi connectivity index (χ0v) is 14.3. The summed E-state index contributed by atoms with van der Waals surface area (Å²) in [4.78, 5) is 35.2. The van der Waals surface area contributed by atoms with E-state index in [1.165, 1.54) is 6.92 Å². The standard InChI is InChI=1S/C19H20N4O3/c1-12(24)20-14-5-7-15(8-6-14)21-18(25)13-3-2-4-17(11-13)23-19(26)22-16-9-10-16/h2-8,11,16H,9-10H2,1H3,(H,20,24)(H,21,25)(H2,22,23,26). The summed E-state index contributed by atoms with van der Waals surface area (Å²) in [5, 5.41) is 11.0. The molecular weight excluding hydrogens is 332 g/mol. The molecule has 2 aromatic rings. The minimum atomic E-state index is -0.288. The van der Waals surface area contributed by atoms with Gasteiger partial charge in [0.1, 0.15) is 0 Å². The molecule has 4 amide bonds. The van der Waals surface area contributed by atoms with Gasteiger partial charge < -0.3 is 21.3 Å². The number of urea groups is 1. The van der Waals surface area contributed by atoms with Crippen LogP contribution in [0, 0.1) is 0 Å². The first-order chi connectivity index (χ1) is 12.5. The van der Waals surface area contributed by atoms with Gasteiger partial charge in [-0.2, -0.15) is 0 Å². The molecule has 1 saturated carbocycles. The smallest absolute Gasteiger partial charge is 0.319 e. The minimum absolute atomic E-state index is 0.156. The quantitative estimate of drug-likeness (QED) is 0.665. The molecule has 0 spiro atoms. The minimum Gasteiger partial charge on any atom is -0.335 e. The number of rotatable bonds is 5. The van der Waals surface area contributed by atoms with Crippen molar-refractivity contribution in [2.75, 3.05) is 16.0 Å². The van der Waals surface area contributed by atoms with Gasteiger partial charge in [0.05, 0.1) is 0 Å². The fourth-order valence-corrected chi connectivity index (χ4v) is 2.36. The van der Waals surface area contributed by atoms with Gasteiger partial charge in [0.2, 0.25) is 5.91 Å². The van der Waals surface area contributed by atoms with Crippen molar-refractivity contribution in [1.29, 1.82) is 0 Å². The van der Waals surface area contributed by atoms with Crippen LogP contribution in [0.2, 0.25) is 0 Å². The normalized spacial score (nSPS) is 12.8. The third kappa shape index (κ3) is 5.07. The van der Waals surface area contributed by atoms with E-state index < -0.39 is 0 Å². The fourth-order valence-electron chi connectivity index (χ4n) is 2.36. The van der Waals surface area contributed by atoms with E-state index in [9.17, 15) is 14.4 Å². The van der Waals surface area contributed by atoms with Crippen LogP contribution < -0.4 is 21.3 Å². The lowest BCUT2D eigenvalue weighted by Crippen LogP contribution is -2.30. The first kappa shape index (κ1) is 17.5. The van der Waals surface area contributed by atoms with Gasteiger partial charge in [-0.3, -0.25) is 9.59 Å². The number of anilines is 3. The van der Waals surface area contributed by atoms with E-state index in [4.69, 9.17) is 0 Å². The maximum Gasteiger partial charge on any atom is 0.319 e. The zero-order valence-electron chi connectivity index (χ0n) is 14.3. The van der Waals surface area contributed by atoms with Crippen molar-refractivity contribution in [3.8, 4) is 0 Å². The van der Waals surface area contributed by atoms with Crippen LogP contribution in [-0.2, 0) is 4.79 Å². The molecule has 0 saturated heterocycles. The zero-order chi connectivity index (χ0) is 18.5. The van der Waals surface area contributed by atoms with Gasteiger partial charge in [0.25, 0.3) is 5.91 Å². The lowest BCUT2D eigenvalue weighted by molar-refractivity contribution is -0.114. The number of hydrogen-bond acceptors (Lipinski definition) is 3. The number of hydrogen-bond donors (Lipinski definition) is 4. The molecule has 0 radical (unpaired) electrons. The number of benzene rings is 2. The first-order valence-corrected chi connectivity index (χ1v) is 8.36. The summed E-state index contributed by atoms with van der Waals surface area (Å²) < 4.78 is 0. The number of amides is 4. The summed E-state index contributed by atoms with van der Waals surface area (Å²) in [6.45, 7) is 1.43. The van der Waals surface area contributed by atoms with Gasteiger partial charge >= 0.3 is 6.03 Å². The molecule has 0 aliphatic heterocycles. The molecule has 2 aromatic carbocycles. The Morgan fingerprint density at radius 3 is 2.12 bits per heavy atom. The van der Waals surface area contributed by atoms with E-state index in [1.807, 2.05) is 0 Å². The van der Waals surface area contributed by atoms with Crippen molar-refractivity contribution >= 4 is 34.9 Å². The van der Waals surface area contributed by atoms with E-state index in [-0.39, 0.29) is 23.9 Å². The Balaban J connectivity index is 1.61. The van der Waals surface area contributed by atoms with Crippen molar-refractivity contribution in [2.45, 2.75) is 25.8 Å². The van der Waals surface area contributed by atoms with Crippen LogP contribution in [-0.4, -0.2) is 23.9 Å². The Morgan fingerprint density at radius 1 is 0.846 bits per heavy atom. The predicted octanol–water partition coefficient (Wildman–Crippen LogP) is 3.18. The van der Waals surface area contributed by atoms with Gasteiger partial charge in [0.15, 0.2) is 0 Å². The van der Waals surface area contributed by atoms with Gasteiger partial charge in [0, 0.05) is 35.6 Å². The van der Waals surface area contributed by atoms with Crippen LogP contribution in [0.5, 0.6) is 0 Å². The molecule has 1 fully saturated rings. The Bertz CT molecular complexity index is 829. The summed E-state index contributed by atoms with van der Waals surface area (Å²) in [5.74, 6) is -0.444. The summed E-state index contributed by atoms with van der Waals surface area (Å²) in [5.41, 5.74) is 2.24. The second-order valence-electron chi connectivity index (χ2n) is 6.17. The topological polar surface area (TPSA) is 99.3 Å². The third-order valence-electron chi connectivity index (χ3n) is 3.76. The van der Waals surface area contributed by atoms with Crippen molar-refractivity contribution in [2.24, 2.45) is 0 Å². The van der Waals surface area contributed by atoms with Crippen LogP contribution in [0.25, 0.3) is 0 Å². The molecule has 0 aromatic heterocycles. The second kappa shape index (κ2) is 7.69. The molecule has 26 heavy (non-hydrogen) atoms. The van der Waals surface area contributed by atoms with Crippen molar-refractivity contribution in [1.82, 2.24) is 5.32 Å². The van der Waals surface area contributed by atoms with E-state index in [0.717, 1.165) is 12.8 Å². The molecule has 1 aliphatic carbocycles. The Labute approximate surface area is 151 Å². The predicted molar refractivity (Wildman–Crippen MR) is 100 cm³/mol. The summed E-state index contributed by atoms with van der Waals surface area (Å²) in [6.07, 6.45) is 2.02. The summed E-state index contributed by atoms with van der Waals surface area (Å²) >= 11 is 0. The lowest BCUT2D eigenvalue weighted by Gasteiger charge is -2.09. The highest BCUT2D eigenvalue weighted by atomic mass is 16.2. The highest BCUT2D eigenvalue weighted by Gasteiger charge is 2.23. The second-order valence-corrected chi connectivity index (χ2v) is 6.17. The highest BCUT2D eigenvalue weighted by molar-refractivity contribution is 6.05. The molecule has 0 atom stereocenters. The number of carbonyl (C=O) groups excluding carboxylic acids is 3. The fraction of sp³-hybridized carbons (Fsp3) is 0.211. The van der Waals surface area contributed by atoms with Crippen molar-refractivity contribution in [3.05, 3.63) is 54.1 Å². The lowest BCUT2D eigenvalue weighted by atomic mass is 10.2. The first-order valence-electron chi connectivity index (χ1n) is 8.36. The van der Waals surface area contributed by atoms with Crippen LogP contribution in [0.1, 0.15) is 30.1 Å². The Morgan fingerprint density at radius 2 is 1.50 bits per heavy atom. The van der Waals surface area contributed by atoms with Crippen molar-refractivity contribution in [3.63, 3.8) is 0 Å². The monoisotopic (exact) mass is 352 g/mol. The van der Waals surface area contributed by atoms with E-state index in [2.05, 4.69) is 21.3 Å². The van der Waals surface area contributed by atoms with E-state index >= 15 is 0 Å². The maximum absolute atomic E-state index is 12.4. The molecule has 0 bridgehead atoms. The van der Waals surface area contributed by atoms with E-state index in [0.29, 0.717) is 22.6 Å². The number of carbonyl (C=O) groups is 3. The molecule has 4 N–H and O–H groups in total. The Kier molecular flexibility index (Phi) is 5.17. The van der Waals surface area contributed by atoms with Gasteiger partial charge in [-0.25, -0.2) is 4.79 Å². The van der Waals surface area contributed by atoms with Gasteiger partial charge in [-0.05, 0) is 55.3 Å². The highest BCUT2D eigenvalue weighted by Crippen LogP contribution is 2.19. The van der Waals surface area contributed by atoms with E-state index in [1.54, 1.807) is 48.5 Å². The SMILES string of the molecule is CC(=O)Nc1ccc(NC(=O)c2cccc(NC(=O)NC3CC3)c2)cc1. The third-order valence-corrected chi connectivity index (χ3v) is 3.76. The van der Waals surface area contributed by atoms with Gasteiger partial charge in [-0.15, -0.1) is 0 Å². The number of nitrogens with one attached hydrogen (secondary N) is 4. The molecule has 1 aliphatic rings. The average Bonchev–Trinajstić information content (AvgIpc) is 3.40. The molecule has 134 valence electrons. The van der Waals surface area contributed by atoms with Crippen LogP contribution >= 0.6 is 0 Å². The summed E-state index contributed by atoms with van der Waals surface area (Å²) in [6, 6.07) is 13.5. The van der Waals surface area contributed by atoms with Crippen LogP contribution in [0.4, 0.5) is 21.9 Å². The largest absolute Gasteiger partial charge is 0.335 e. The molecule has 7 nitrogen and oxygen atoms in total. The van der Waals surface area contributed by atoms with Crippen LogP contribution in [0.15, 0.2) is 48.5 Å². The summed E-state index contributed by atoms with van der Waals surface area (Å²) in [7, 11) is 0. The van der Waals surface area contributed by atoms with Crippen molar-refractivity contribution < 1.29 is 14.4 Å². The average molecular weight is 352 g/mol. The molecule has 7 heteroatoms. The molecule has 0 unspecified atom stereocenters. The van der Waals surface area contributed by atoms with Crippen LogP contribution in [0.3, 0.4) is 0 Å². The Hall–Kier alpha value is -3.35. The molecule has 3 rings (SSSR count).